The van der Waals surface area contributed by atoms with Crippen LogP contribution >= 0.6 is 0 Å². The van der Waals surface area contributed by atoms with Gasteiger partial charge in [-0.3, -0.25) is 24.5 Å². The minimum Gasteiger partial charge on any atom is -0.333 e. The molecule has 9 heteroatoms. The van der Waals surface area contributed by atoms with Crippen LogP contribution < -0.4 is 10.9 Å². The molecule has 1 fully saturated rings. The van der Waals surface area contributed by atoms with E-state index in [1.54, 1.807) is 31.7 Å². The Bertz CT molecular complexity index is 1350. The molecule has 2 aliphatic rings. The van der Waals surface area contributed by atoms with Gasteiger partial charge in [0.1, 0.15) is 6.04 Å². The van der Waals surface area contributed by atoms with Crippen molar-refractivity contribution >= 4 is 17.7 Å². The molecule has 5 rings (SSSR count). The number of amides is 3. The van der Waals surface area contributed by atoms with Crippen LogP contribution in [0.4, 0.5) is 0 Å². The predicted molar refractivity (Wildman–Crippen MR) is 115 cm³/mol. The molecule has 32 heavy (non-hydrogen) atoms. The minimum atomic E-state index is -0.651. The van der Waals surface area contributed by atoms with Gasteiger partial charge in [-0.2, -0.15) is 0 Å². The smallest absolute Gasteiger partial charge is 0.255 e. The number of carbonyl (C=O) groups is 3. The number of imidazole rings is 1. The van der Waals surface area contributed by atoms with Crippen molar-refractivity contribution < 1.29 is 14.4 Å². The average molecular weight is 431 g/mol. The Balaban J connectivity index is 1.50. The van der Waals surface area contributed by atoms with Gasteiger partial charge in [0.2, 0.25) is 11.8 Å². The Morgan fingerprint density at radius 3 is 2.56 bits per heavy atom. The number of fused-ring (bicyclic) bond motifs is 1. The summed E-state index contributed by atoms with van der Waals surface area (Å²) < 4.78 is 3.36. The van der Waals surface area contributed by atoms with E-state index in [4.69, 9.17) is 0 Å². The van der Waals surface area contributed by atoms with E-state index in [0.29, 0.717) is 24.2 Å². The average Bonchev–Trinajstić information content (AvgIpc) is 3.30. The monoisotopic (exact) mass is 431 g/mol. The number of imide groups is 1. The summed E-state index contributed by atoms with van der Waals surface area (Å²) in [4.78, 5) is 54.9. The topological polar surface area (TPSA) is 106 Å². The summed E-state index contributed by atoms with van der Waals surface area (Å²) in [6, 6.07) is 8.28. The molecule has 1 unspecified atom stereocenters. The van der Waals surface area contributed by atoms with Gasteiger partial charge in [-0.25, -0.2) is 4.98 Å². The van der Waals surface area contributed by atoms with Gasteiger partial charge in [0.05, 0.1) is 17.7 Å². The van der Waals surface area contributed by atoms with E-state index in [2.05, 4.69) is 10.3 Å². The summed E-state index contributed by atoms with van der Waals surface area (Å²) >= 11 is 0. The molecule has 162 valence electrons. The number of hydrogen-bond donors (Lipinski definition) is 1. The first-order chi connectivity index (χ1) is 15.3. The zero-order chi connectivity index (χ0) is 22.6. The second-order valence-electron chi connectivity index (χ2n) is 8.19. The molecule has 4 heterocycles. The molecule has 3 aromatic rings. The predicted octanol–water partition coefficient (Wildman–Crippen LogP) is 1.21. The molecule has 9 nitrogen and oxygen atoms in total. The highest BCUT2D eigenvalue weighted by Gasteiger charge is 2.39. The maximum Gasteiger partial charge on any atom is 0.255 e. The van der Waals surface area contributed by atoms with Crippen molar-refractivity contribution in [2.45, 2.75) is 25.4 Å². The molecule has 3 amide bonds. The quantitative estimate of drug-likeness (QED) is 0.628. The van der Waals surface area contributed by atoms with Crippen molar-refractivity contribution in [1.29, 1.82) is 0 Å². The zero-order valence-corrected chi connectivity index (χ0v) is 17.7. The number of nitrogens with zero attached hydrogens (tertiary/aromatic N) is 4. The second-order valence-corrected chi connectivity index (χ2v) is 8.19. The Kier molecular flexibility index (Phi) is 4.54. The molecule has 0 radical (unpaired) electrons. The molecule has 1 aromatic carbocycles. The number of hydrogen-bond acceptors (Lipinski definition) is 5. The highest BCUT2D eigenvalue weighted by atomic mass is 16.2. The first-order valence-electron chi connectivity index (χ1n) is 10.3. The number of aromatic nitrogens is 3. The third-order valence-electron chi connectivity index (χ3n) is 6.11. The first kappa shape index (κ1) is 19.9. The molecular formula is C23H21N5O4. The number of pyridine rings is 1. The number of piperidine rings is 1. The number of benzene rings is 1. The first-order valence-corrected chi connectivity index (χ1v) is 10.3. The lowest BCUT2D eigenvalue weighted by molar-refractivity contribution is -0.136. The molecule has 1 N–H and O–H groups in total. The van der Waals surface area contributed by atoms with Crippen molar-refractivity contribution in [3.05, 3.63) is 64.3 Å². The van der Waals surface area contributed by atoms with Gasteiger partial charge in [-0.15, -0.1) is 0 Å². The van der Waals surface area contributed by atoms with E-state index in [-0.39, 0.29) is 23.8 Å². The van der Waals surface area contributed by atoms with E-state index in [1.165, 1.54) is 9.47 Å². The van der Waals surface area contributed by atoms with Gasteiger partial charge in [0, 0.05) is 56.0 Å². The largest absolute Gasteiger partial charge is 0.333 e. The number of nitrogens with one attached hydrogen (secondary N) is 1. The number of aryl methyl sites for hydroxylation is 2. The number of rotatable bonds is 3. The third-order valence-corrected chi connectivity index (χ3v) is 6.11. The summed E-state index contributed by atoms with van der Waals surface area (Å²) in [5.41, 5.74) is 4.31. The van der Waals surface area contributed by atoms with Crippen LogP contribution in [0.1, 0.15) is 28.8 Å². The minimum absolute atomic E-state index is 0.117. The van der Waals surface area contributed by atoms with Crippen molar-refractivity contribution in [2.75, 3.05) is 0 Å². The van der Waals surface area contributed by atoms with E-state index < -0.39 is 11.9 Å². The van der Waals surface area contributed by atoms with Crippen molar-refractivity contribution in [3.8, 4) is 22.5 Å². The zero-order valence-electron chi connectivity index (χ0n) is 17.7. The highest BCUT2D eigenvalue weighted by molar-refractivity contribution is 6.05. The van der Waals surface area contributed by atoms with Crippen LogP contribution in [0.2, 0.25) is 0 Å². The van der Waals surface area contributed by atoms with Crippen LogP contribution in [-0.2, 0) is 30.2 Å². The third kappa shape index (κ3) is 3.13. The Hall–Kier alpha value is -4.01. The summed E-state index contributed by atoms with van der Waals surface area (Å²) in [5.74, 6) is -0.953. The summed E-state index contributed by atoms with van der Waals surface area (Å²) in [5, 5.41) is 2.32. The van der Waals surface area contributed by atoms with Crippen LogP contribution in [0, 0.1) is 0 Å². The molecule has 1 saturated heterocycles. The van der Waals surface area contributed by atoms with E-state index in [0.717, 1.165) is 22.4 Å². The lowest BCUT2D eigenvalue weighted by Crippen LogP contribution is -2.52. The normalized spacial score (nSPS) is 18.1. The van der Waals surface area contributed by atoms with Gasteiger partial charge < -0.3 is 14.0 Å². The Labute approximate surface area is 183 Å². The van der Waals surface area contributed by atoms with Crippen LogP contribution in [0.5, 0.6) is 0 Å². The fraction of sp³-hybridized carbons (Fsp3) is 0.261. The van der Waals surface area contributed by atoms with Gasteiger partial charge in [-0.1, -0.05) is 6.07 Å². The molecule has 0 saturated carbocycles. The van der Waals surface area contributed by atoms with Crippen molar-refractivity contribution in [3.63, 3.8) is 0 Å². The van der Waals surface area contributed by atoms with E-state index in [9.17, 15) is 19.2 Å². The van der Waals surface area contributed by atoms with Gasteiger partial charge in [-0.05, 0) is 30.2 Å². The lowest BCUT2D eigenvalue weighted by atomic mass is 10.0. The van der Waals surface area contributed by atoms with Gasteiger partial charge >= 0.3 is 0 Å². The molecule has 0 aliphatic carbocycles. The molecule has 2 aliphatic heterocycles. The van der Waals surface area contributed by atoms with Crippen LogP contribution in [-0.4, -0.2) is 42.8 Å². The second kappa shape index (κ2) is 7.30. The van der Waals surface area contributed by atoms with Gasteiger partial charge in [0.15, 0.2) is 0 Å². The van der Waals surface area contributed by atoms with E-state index >= 15 is 0 Å². The number of carbonyl (C=O) groups excluding carboxylic acids is 3. The standard InChI is InChI=1S/C23H21N5O4/c1-26-8-7-14(10-19(26)30)21-20(24-12-27(21)2)13-3-4-16-15(9-13)11-28(23(16)32)17-5-6-18(29)25-22(17)31/h3-4,7-10,12,17H,5-6,11H2,1-2H3,(H,25,29,31). The molecular weight excluding hydrogens is 410 g/mol. The fourth-order valence-corrected chi connectivity index (χ4v) is 4.40. The molecule has 0 spiro atoms. The van der Waals surface area contributed by atoms with Crippen molar-refractivity contribution in [2.24, 2.45) is 14.1 Å². The summed E-state index contributed by atoms with van der Waals surface area (Å²) in [6.07, 6.45) is 3.95. The lowest BCUT2D eigenvalue weighted by Gasteiger charge is -2.29. The fourth-order valence-electron chi connectivity index (χ4n) is 4.40. The molecule has 0 bridgehead atoms. The van der Waals surface area contributed by atoms with E-state index in [1.807, 2.05) is 29.8 Å². The van der Waals surface area contributed by atoms with Crippen LogP contribution in [0.25, 0.3) is 22.5 Å². The SMILES string of the molecule is Cn1cnc(-c2ccc3c(c2)CN(C2CCC(=O)NC2=O)C3=O)c1-c1ccn(C)c(=O)c1. The summed E-state index contributed by atoms with van der Waals surface area (Å²) in [6.45, 7) is 0.294. The van der Waals surface area contributed by atoms with Gasteiger partial charge in [0.25, 0.3) is 11.5 Å². The Morgan fingerprint density at radius 2 is 1.81 bits per heavy atom. The summed E-state index contributed by atoms with van der Waals surface area (Å²) in [7, 11) is 3.56. The molecule has 2 aromatic heterocycles. The highest BCUT2D eigenvalue weighted by Crippen LogP contribution is 2.34. The maximum atomic E-state index is 12.9. The Morgan fingerprint density at radius 1 is 1.00 bits per heavy atom. The van der Waals surface area contributed by atoms with Crippen LogP contribution in [0.15, 0.2) is 47.7 Å². The van der Waals surface area contributed by atoms with Crippen molar-refractivity contribution in [1.82, 2.24) is 24.3 Å². The van der Waals surface area contributed by atoms with Crippen LogP contribution in [0.3, 0.4) is 0 Å². The molecule has 1 atom stereocenters. The maximum absolute atomic E-state index is 12.9.